The van der Waals surface area contributed by atoms with Crippen LogP contribution in [0.25, 0.3) is 5.76 Å². The molecule has 1 N–H and O–H groups in total. The van der Waals surface area contributed by atoms with Crippen LogP contribution in [0.3, 0.4) is 0 Å². The number of Topliss-reactive ketones (excluding diaryl/α,β-unsaturated/α-hetero) is 1. The third-order valence-electron chi connectivity index (χ3n) is 5.98. The molecule has 1 amide bonds. The molecule has 0 aliphatic carbocycles. The smallest absolute Gasteiger partial charge is 0.300 e. The molecule has 1 heterocycles. The highest BCUT2D eigenvalue weighted by atomic mass is 16.5. The quantitative estimate of drug-likeness (QED) is 0.291. The van der Waals surface area contributed by atoms with E-state index in [9.17, 15) is 14.7 Å². The normalized spacial score (nSPS) is 16.8. The Balaban J connectivity index is 1.90. The number of aliphatic hydroxyl groups is 1. The Labute approximate surface area is 209 Å². The molecule has 7 heteroatoms. The molecule has 0 aromatic heterocycles. The molecule has 1 aliphatic heterocycles. The summed E-state index contributed by atoms with van der Waals surface area (Å²) in [6, 6.07) is 19.8. The van der Waals surface area contributed by atoms with Crippen molar-refractivity contribution >= 4 is 23.1 Å². The van der Waals surface area contributed by atoms with Crippen molar-refractivity contribution in [2.24, 2.45) is 0 Å². The van der Waals surface area contributed by atoms with Crippen LogP contribution < -0.4 is 14.4 Å². The van der Waals surface area contributed by atoms with E-state index in [2.05, 4.69) is 0 Å². The summed E-state index contributed by atoms with van der Waals surface area (Å²) in [7, 11) is 1.55. The van der Waals surface area contributed by atoms with Crippen LogP contribution in [0.5, 0.6) is 11.5 Å². The zero-order valence-corrected chi connectivity index (χ0v) is 20.5. The number of hydrogen-bond acceptors (Lipinski definition) is 6. The number of anilines is 1. The third kappa shape index (κ3) is 4.53. The maximum Gasteiger partial charge on any atom is 0.300 e. The molecule has 4 rings (SSSR count). The number of carbonyl (C=O) groups is 2. The van der Waals surface area contributed by atoms with Gasteiger partial charge in [-0.15, -0.1) is 0 Å². The SMILES string of the molecule is COc1ccc(/C(O)=C2/C(=O)C(=O)N(c3ccc(C#N)cc3)C2c2ccc(OC(C)C)cc2)c(C)c1. The van der Waals surface area contributed by atoms with Crippen LogP contribution in [0, 0.1) is 18.3 Å². The summed E-state index contributed by atoms with van der Waals surface area (Å²) in [5, 5.41) is 20.5. The number of nitriles is 1. The molecule has 0 radical (unpaired) electrons. The maximum atomic E-state index is 13.3. The number of methoxy groups -OCH3 is 1. The second-order valence-corrected chi connectivity index (χ2v) is 8.74. The Bertz CT molecular complexity index is 1380. The number of aryl methyl sites for hydroxylation is 1. The zero-order valence-electron chi connectivity index (χ0n) is 20.5. The van der Waals surface area contributed by atoms with Gasteiger partial charge in [0.1, 0.15) is 17.3 Å². The first-order valence-electron chi connectivity index (χ1n) is 11.5. The summed E-state index contributed by atoms with van der Waals surface area (Å²) in [4.78, 5) is 28.0. The van der Waals surface area contributed by atoms with Gasteiger partial charge in [-0.1, -0.05) is 12.1 Å². The predicted octanol–water partition coefficient (Wildman–Crippen LogP) is 5.29. The zero-order chi connectivity index (χ0) is 26.0. The fourth-order valence-electron chi connectivity index (χ4n) is 4.29. The Morgan fingerprint density at radius 3 is 2.19 bits per heavy atom. The van der Waals surface area contributed by atoms with Crippen LogP contribution in [-0.2, 0) is 9.59 Å². The van der Waals surface area contributed by atoms with E-state index in [1.54, 1.807) is 80.8 Å². The highest BCUT2D eigenvalue weighted by Crippen LogP contribution is 2.43. The Morgan fingerprint density at radius 1 is 1.00 bits per heavy atom. The van der Waals surface area contributed by atoms with E-state index in [1.807, 2.05) is 19.9 Å². The summed E-state index contributed by atoms with van der Waals surface area (Å²) >= 11 is 0. The average molecular weight is 483 g/mol. The minimum Gasteiger partial charge on any atom is -0.507 e. The molecule has 0 saturated carbocycles. The lowest BCUT2D eigenvalue weighted by molar-refractivity contribution is -0.132. The number of hydrogen-bond donors (Lipinski definition) is 1. The van der Waals surface area contributed by atoms with Crippen molar-refractivity contribution in [2.75, 3.05) is 12.0 Å². The molecule has 1 atom stereocenters. The van der Waals surface area contributed by atoms with Crippen LogP contribution in [-0.4, -0.2) is 30.0 Å². The molecule has 0 spiro atoms. The van der Waals surface area contributed by atoms with Gasteiger partial charge in [-0.3, -0.25) is 14.5 Å². The highest BCUT2D eigenvalue weighted by molar-refractivity contribution is 6.51. The lowest BCUT2D eigenvalue weighted by Gasteiger charge is -2.26. The molecule has 7 nitrogen and oxygen atoms in total. The molecule has 1 saturated heterocycles. The Kier molecular flexibility index (Phi) is 6.80. The molecule has 36 heavy (non-hydrogen) atoms. The van der Waals surface area contributed by atoms with Gasteiger partial charge in [0.2, 0.25) is 0 Å². The molecular weight excluding hydrogens is 456 g/mol. The topological polar surface area (TPSA) is 99.9 Å². The lowest BCUT2D eigenvalue weighted by atomic mass is 9.93. The summed E-state index contributed by atoms with van der Waals surface area (Å²) in [6.07, 6.45) is -0.0156. The maximum absolute atomic E-state index is 13.3. The van der Waals surface area contributed by atoms with Crippen LogP contribution in [0.2, 0.25) is 0 Å². The van der Waals surface area contributed by atoms with Gasteiger partial charge >= 0.3 is 0 Å². The van der Waals surface area contributed by atoms with Crippen molar-refractivity contribution in [3.63, 3.8) is 0 Å². The van der Waals surface area contributed by atoms with E-state index in [1.165, 1.54) is 4.90 Å². The van der Waals surface area contributed by atoms with Crippen molar-refractivity contribution in [2.45, 2.75) is 32.9 Å². The second kappa shape index (κ2) is 9.96. The number of ether oxygens (including phenoxy) is 2. The van der Waals surface area contributed by atoms with Crippen molar-refractivity contribution in [3.8, 4) is 17.6 Å². The Morgan fingerprint density at radius 2 is 1.64 bits per heavy atom. The fourth-order valence-corrected chi connectivity index (χ4v) is 4.29. The molecule has 1 unspecified atom stereocenters. The van der Waals surface area contributed by atoms with Gasteiger partial charge in [-0.25, -0.2) is 0 Å². The van der Waals surface area contributed by atoms with E-state index in [4.69, 9.17) is 14.7 Å². The third-order valence-corrected chi connectivity index (χ3v) is 5.98. The molecular formula is C29H26N2O5. The first-order valence-corrected chi connectivity index (χ1v) is 11.5. The summed E-state index contributed by atoms with van der Waals surface area (Å²) < 4.78 is 11.0. The van der Waals surface area contributed by atoms with E-state index in [-0.39, 0.29) is 17.4 Å². The average Bonchev–Trinajstić information content (AvgIpc) is 3.14. The fraction of sp³-hybridized carbons (Fsp3) is 0.207. The van der Waals surface area contributed by atoms with Gasteiger partial charge in [0.15, 0.2) is 0 Å². The Hall–Kier alpha value is -4.57. The van der Waals surface area contributed by atoms with E-state index >= 15 is 0 Å². The van der Waals surface area contributed by atoms with E-state index < -0.39 is 17.7 Å². The molecule has 1 fully saturated rings. The number of nitrogens with zero attached hydrogens (tertiary/aromatic N) is 2. The van der Waals surface area contributed by atoms with Gasteiger partial charge in [0.25, 0.3) is 11.7 Å². The largest absolute Gasteiger partial charge is 0.507 e. The first kappa shape index (κ1) is 24.6. The number of aliphatic hydroxyl groups excluding tert-OH is 1. The number of amides is 1. The number of ketones is 1. The van der Waals surface area contributed by atoms with Crippen LogP contribution in [0.15, 0.2) is 72.3 Å². The van der Waals surface area contributed by atoms with Gasteiger partial charge in [-0.2, -0.15) is 5.26 Å². The van der Waals surface area contributed by atoms with Gasteiger partial charge in [-0.05, 0) is 86.5 Å². The van der Waals surface area contributed by atoms with Crippen LogP contribution in [0.4, 0.5) is 5.69 Å². The van der Waals surface area contributed by atoms with E-state index in [0.29, 0.717) is 39.4 Å². The molecule has 3 aromatic rings. The monoisotopic (exact) mass is 482 g/mol. The summed E-state index contributed by atoms with van der Waals surface area (Å²) in [6.45, 7) is 5.64. The van der Waals surface area contributed by atoms with Gasteiger partial charge in [0, 0.05) is 11.3 Å². The highest BCUT2D eigenvalue weighted by Gasteiger charge is 2.47. The van der Waals surface area contributed by atoms with Crippen molar-refractivity contribution in [1.29, 1.82) is 5.26 Å². The van der Waals surface area contributed by atoms with Crippen molar-refractivity contribution < 1.29 is 24.2 Å². The first-order chi connectivity index (χ1) is 17.2. The summed E-state index contributed by atoms with van der Waals surface area (Å²) in [5.74, 6) is -0.564. The van der Waals surface area contributed by atoms with Crippen LogP contribution in [0.1, 0.15) is 42.1 Å². The van der Waals surface area contributed by atoms with E-state index in [0.717, 1.165) is 0 Å². The standard InChI is InChI=1S/C29H26N2O5/c1-17(2)36-22-11-7-20(8-12-22)26-25(27(32)24-14-13-23(35-4)15-18(24)3)28(33)29(34)31(26)21-9-5-19(16-30)6-10-21/h5-15,17,26,32H,1-4H3/b27-25-. The number of carbonyl (C=O) groups excluding carboxylic acids is 2. The molecule has 0 bridgehead atoms. The molecule has 182 valence electrons. The molecule has 1 aliphatic rings. The van der Waals surface area contributed by atoms with Crippen LogP contribution >= 0.6 is 0 Å². The minimum absolute atomic E-state index is 0.0156. The van der Waals surface area contributed by atoms with Gasteiger partial charge in [0.05, 0.1) is 36.5 Å². The minimum atomic E-state index is -0.882. The second-order valence-electron chi connectivity index (χ2n) is 8.74. The van der Waals surface area contributed by atoms with Gasteiger partial charge < -0.3 is 14.6 Å². The van der Waals surface area contributed by atoms with Crippen molar-refractivity contribution in [1.82, 2.24) is 0 Å². The molecule has 3 aromatic carbocycles. The summed E-state index contributed by atoms with van der Waals surface area (Å²) in [5.41, 5.74) is 2.59. The number of benzene rings is 3. The number of rotatable bonds is 6. The van der Waals surface area contributed by atoms with Crippen molar-refractivity contribution in [3.05, 3.63) is 94.6 Å². The lowest BCUT2D eigenvalue weighted by Crippen LogP contribution is -2.29. The predicted molar refractivity (Wildman–Crippen MR) is 136 cm³/mol.